The standard InChI is InChI=1S/C50H83N7O14/c1-14-38-50(10,64)42(59)32(6)55(12)24-28(2)21-48(8,63)44(30(4)41(31(5)45(61)69-38)70-39-22-49(9,65-13)43(60)33(7)67-39)71-46-40(58)37(20-29(3)66-46)54(11)19-17-34-25-56(53-52-34)26-36-27-57(47(62)68-36)35-16-15-18-51-23-35/h15-16,18,23,25,28-33,36-44,46,58-60,63-64H,14,17,19-22,24,26-27H2,1-13H3/t28-,29-,30+,31-,32-,33+,36?,37+,38-,39-,40-,41+,42-,43+,44-,46+,48-,49-,50-/m1/s1. The van der Waals surface area contributed by atoms with Crippen LogP contribution in [0.2, 0.25) is 0 Å². The Balaban J connectivity index is 1.24. The largest absolute Gasteiger partial charge is 0.459 e. The number of amides is 1. The van der Waals surface area contributed by atoms with Gasteiger partial charge in [0, 0.05) is 63.4 Å². The number of aromatic nitrogens is 4. The van der Waals surface area contributed by atoms with Crippen LogP contribution in [0.4, 0.5) is 10.5 Å². The van der Waals surface area contributed by atoms with Crippen LogP contribution in [-0.2, 0) is 50.9 Å². The SMILES string of the molecule is CC[C@H]1OC(=O)[C@H](C)[C@@H](O[C@@H]2C[C@@](C)(OC)[C@@H](O)[C@H](C)O2)[C@H](C)[C@@H](O[C@@H]2O[C@H](C)C[C@H](N(C)CCc3cn(CC4CN(c5cccnc5)C(=O)O4)nn3)[C@H]2O)[C@](C)(O)C[C@@H](C)CN(C)[C@H](C)[C@@H](O)[C@]1(C)O. The van der Waals surface area contributed by atoms with Gasteiger partial charge >= 0.3 is 12.1 Å². The molecule has 402 valence electrons. The third-order valence-corrected chi connectivity index (χ3v) is 15.6. The van der Waals surface area contributed by atoms with E-state index in [1.165, 1.54) is 18.9 Å². The molecule has 2 aromatic heterocycles. The van der Waals surface area contributed by atoms with Gasteiger partial charge in [0.25, 0.3) is 0 Å². The van der Waals surface area contributed by atoms with Crippen LogP contribution in [-0.4, -0.2) is 205 Å². The number of aliphatic hydroxyl groups excluding tert-OH is 3. The molecule has 5 N–H and O–H groups in total. The second-order valence-corrected chi connectivity index (χ2v) is 21.7. The molecule has 0 aromatic carbocycles. The highest BCUT2D eigenvalue weighted by Gasteiger charge is 2.53. The maximum atomic E-state index is 14.5. The fourth-order valence-electron chi connectivity index (χ4n) is 11.2. The summed E-state index contributed by atoms with van der Waals surface area (Å²) in [5.74, 6) is -2.83. The van der Waals surface area contributed by atoms with E-state index in [1.54, 1.807) is 77.7 Å². The van der Waals surface area contributed by atoms with Gasteiger partial charge in [0.1, 0.15) is 36.1 Å². The molecule has 0 spiro atoms. The minimum absolute atomic E-state index is 0.0927. The fraction of sp³-hybridized carbons (Fsp3) is 0.820. The van der Waals surface area contributed by atoms with E-state index < -0.39 is 114 Å². The van der Waals surface area contributed by atoms with Crippen LogP contribution in [0.5, 0.6) is 0 Å². The number of nitrogens with zero attached hydrogens (tertiary/aromatic N) is 7. The Morgan fingerprint density at radius 2 is 1.68 bits per heavy atom. The zero-order valence-electron chi connectivity index (χ0n) is 44.0. The Hall–Kier alpha value is -3.45. The highest BCUT2D eigenvalue weighted by Crippen LogP contribution is 2.40. The highest BCUT2D eigenvalue weighted by molar-refractivity contribution is 5.89. The molecule has 6 heterocycles. The van der Waals surface area contributed by atoms with Crippen LogP contribution in [0.15, 0.2) is 30.7 Å². The first-order chi connectivity index (χ1) is 33.3. The number of pyridine rings is 1. The van der Waals surface area contributed by atoms with Gasteiger partial charge in [-0.25, -0.2) is 9.48 Å². The molecule has 4 fully saturated rings. The van der Waals surface area contributed by atoms with Crippen LogP contribution in [0.3, 0.4) is 0 Å². The van der Waals surface area contributed by atoms with Crippen molar-refractivity contribution in [3.63, 3.8) is 0 Å². The summed E-state index contributed by atoms with van der Waals surface area (Å²) in [6.45, 7) is 19.0. The molecule has 0 saturated carbocycles. The number of hydrogen-bond acceptors (Lipinski definition) is 19. The van der Waals surface area contributed by atoms with E-state index in [9.17, 15) is 35.1 Å². The topological polar surface area (TPSA) is 253 Å². The Morgan fingerprint density at radius 3 is 2.34 bits per heavy atom. The van der Waals surface area contributed by atoms with E-state index in [-0.39, 0.29) is 31.3 Å². The second kappa shape index (κ2) is 23.4. The van der Waals surface area contributed by atoms with E-state index in [2.05, 4.69) is 15.3 Å². The second-order valence-electron chi connectivity index (χ2n) is 21.7. The van der Waals surface area contributed by atoms with Crippen molar-refractivity contribution in [2.24, 2.45) is 17.8 Å². The van der Waals surface area contributed by atoms with Crippen LogP contribution in [0.1, 0.15) is 101 Å². The Bertz CT molecular complexity index is 2030. The summed E-state index contributed by atoms with van der Waals surface area (Å²) >= 11 is 0. The third kappa shape index (κ3) is 13.1. The van der Waals surface area contributed by atoms with Crippen LogP contribution < -0.4 is 4.90 Å². The van der Waals surface area contributed by atoms with Gasteiger partial charge < -0.3 is 68.5 Å². The lowest BCUT2D eigenvalue weighted by Crippen LogP contribution is -2.61. The number of hydrogen-bond donors (Lipinski definition) is 5. The molecule has 19 atom stereocenters. The van der Waals surface area contributed by atoms with Crippen molar-refractivity contribution in [1.29, 1.82) is 0 Å². The molecule has 1 unspecified atom stereocenters. The first-order valence-corrected chi connectivity index (χ1v) is 25.3. The molecule has 0 bridgehead atoms. The predicted octanol–water partition coefficient (Wildman–Crippen LogP) is 2.53. The van der Waals surface area contributed by atoms with E-state index in [1.807, 2.05) is 43.9 Å². The van der Waals surface area contributed by atoms with Crippen LogP contribution in [0.25, 0.3) is 0 Å². The molecule has 0 aliphatic carbocycles. The normalized spacial score (nSPS) is 41.6. The van der Waals surface area contributed by atoms with Crippen LogP contribution >= 0.6 is 0 Å². The van der Waals surface area contributed by atoms with Gasteiger partial charge in [0.15, 0.2) is 12.6 Å². The monoisotopic (exact) mass is 1010 g/mol. The summed E-state index contributed by atoms with van der Waals surface area (Å²) in [6.07, 6.45) is -4.56. The number of carbonyl (C=O) groups excluding carboxylic acids is 2. The van der Waals surface area contributed by atoms with Crippen molar-refractivity contribution >= 4 is 17.7 Å². The zero-order valence-corrected chi connectivity index (χ0v) is 44.0. The van der Waals surface area contributed by atoms with Gasteiger partial charge in [-0.3, -0.25) is 14.7 Å². The van der Waals surface area contributed by atoms with E-state index >= 15 is 0 Å². The molecule has 21 heteroatoms. The van der Waals surface area contributed by atoms with Gasteiger partial charge in [0.05, 0.1) is 72.2 Å². The lowest BCUT2D eigenvalue weighted by atomic mass is 9.77. The molecule has 4 aliphatic heterocycles. The summed E-state index contributed by atoms with van der Waals surface area (Å²) in [5.41, 5.74) is -3.20. The summed E-state index contributed by atoms with van der Waals surface area (Å²) in [4.78, 5) is 36.7. The first-order valence-electron chi connectivity index (χ1n) is 25.3. The van der Waals surface area contributed by atoms with Gasteiger partial charge in [-0.15, -0.1) is 5.10 Å². The summed E-state index contributed by atoms with van der Waals surface area (Å²) in [5, 5.41) is 68.3. The van der Waals surface area contributed by atoms with E-state index in [4.69, 9.17) is 33.2 Å². The third-order valence-electron chi connectivity index (χ3n) is 15.6. The summed E-state index contributed by atoms with van der Waals surface area (Å²) < 4.78 is 45.5. The number of anilines is 1. The molecule has 6 rings (SSSR count). The first kappa shape index (κ1) is 56.8. The van der Waals surface area contributed by atoms with Gasteiger partial charge in [-0.2, -0.15) is 0 Å². The fourth-order valence-corrected chi connectivity index (χ4v) is 11.2. The molecule has 4 aliphatic rings. The summed E-state index contributed by atoms with van der Waals surface area (Å²) in [7, 11) is 5.24. The van der Waals surface area contributed by atoms with Gasteiger partial charge in [-0.05, 0) is 99.9 Å². The number of rotatable bonds is 13. The number of ether oxygens (including phenoxy) is 7. The Kier molecular flexibility index (Phi) is 18.7. The van der Waals surface area contributed by atoms with Gasteiger partial charge in [-0.1, -0.05) is 26.0 Å². The highest BCUT2D eigenvalue weighted by atomic mass is 16.7. The number of esters is 1. The van der Waals surface area contributed by atoms with E-state index in [0.717, 1.165) is 0 Å². The number of carbonyl (C=O) groups is 2. The van der Waals surface area contributed by atoms with Crippen molar-refractivity contribution in [1.82, 2.24) is 29.8 Å². The quantitative estimate of drug-likeness (QED) is 0.181. The average molecular weight is 1010 g/mol. The lowest BCUT2D eigenvalue weighted by molar-refractivity contribution is -0.318. The molecular formula is C50H83N7O14. The minimum atomic E-state index is -1.84. The molecule has 71 heavy (non-hydrogen) atoms. The Morgan fingerprint density at radius 1 is 0.958 bits per heavy atom. The van der Waals surface area contributed by atoms with Crippen molar-refractivity contribution in [2.75, 3.05) is 45.7 Å². The Labute approximate surface area is 419 Å². The number of methoxy groups -OCH3 is 1. The summed E-state index contributed by atoms with van der Waals surface area (Å²) in [6, 6.07) is 2.53. The van der Waals surface area contributed by atoms with E-state index in [0.29, 0.717) is 50.4 Å². The lowest BCUT2D eigenvalue weighted by Gasteiger charge is -2.49. The molecule has 1 amide bonds. The number of likely N-dealkylation sites (N-methyl/N-ethyl adjacent to an activating group) is 2. The van der Waals surface area contributed by atoms with Crippen molar-refractivity contribution < 1.29 is 68.3 Å². The molecule has 21 nitrogen and oxygen atoms in total. The molecule has 0 radical (unpaired) electrons. The number of cyclic esters (lactones) is 2. The van der Waals surface area contributed by atoms with Crippen LogP contribution in [0, 0.1) is 17.8 Å². The molecule has 4 saturated heterocycles. The smallest absolute Gasteiger partial charge is 0.414 e. The maximum Gasteiger partial charge on any atom is 0.414 e. The molecule has 2 aromatic rings. The zero-order chi connectivity index (χ0) is 52.3. The molecular weight excluding hydrogens is 923 g/mol. The number of aliphatic hydroxyl groups is 5. The van der Waals surface area contributed by atoms with Crippen molar-refractivity contribution in [2.45, 2.75) is 204 Å². The minimum Gasteiger partial charge on any atom is -0.459 e. The maximum absolute atomic E-state index is 14.5. The van der Waals surface area contributed by atoms with Crippen molar-refractivity contribution in [3.05, 3.63) is 36.4 Å². The van der Waals surface area contributed by atoms with Crippen molar-refractivity contribution in [3.8, 4) is 0 Å². The predicted molar refractivity (Wildman–Crippen MR) is 259 cm³/mol. The average Bonchev–Trinajstić information content (AvgIpc) is 3.94. The van der Waals surface area contributed by atoms with Gasteiger partial charge in [0.2, 0.25) is 0 Å².